The third-order valence-corrected chi connectivity index (χ3v) is 2.90. The minimum absolute atomic E-state index is 0.236. The molecule has 2 N–H and O–H groups in total. The van der Waals surface area contributed by atoms with Crippen LogP contribution >= 0.6 is 12.2 Å². The summed E-state index contributed by atoms with van der Waals surface area (Å²) in [4.78, 5) is 0. The van der Waals surface area contributed by atoms with Crippen molar-refractivity contribution >= 4 is 28.7 Å². The van der Waals surface area contributed by atoms with Crippen LogP contribution in [0.4, 0.5) is 24.5 Å². The van der Waals surface area contributed by atoms with Gasteiger partial charge in [0.1, 0.15) is 0 Å². The average molecular weight is 310 g/mol. The lowest BCUT2D eigenvalue weighted by Crippen LogP contribution is -2.19. The molecule has 0 unspecified atom stereocenters. The van der Waals surface area contributed by atoms with Crippen LogP contribution in [0.3, 0.4) is 0 Å². The number of para-hydroxylation sites is 1. The molecule has 0 saturated carbocycles. The molecule has 6 heteroatoms. The number of hydrogen-bond acceptors (Lipinski definition) is 1. The second kappa shape index (κ2) is 6.13. The number of thiocarbonyl (C=S) groups is 1. The molecule has 0 aliphatic heterocycles. The van der Waals surface area contributed by atoms with Crippen molar-refractivity contribution in [3.63, 3.8) is 0 Å². The molecule has 21 heavy (non-hydrogen) atoms. The summed E-state index contributed by atoms with van der Waals surface area (Å²) in [5.74, 6) is 0. The van der Waals surface area contributed by atoms with Crippen LogP contribution in [-0.2, 0) is 6.18 Å². The first-order valence-corrected chi connectivity index (χ1v) is 6.57. The number of benzene rings is 2. The number of anilines is 2. The smallest absolute Gasteiger partial charge is 0.332 e. The minimum atomic E-state index is -4.38. The Morgan fingerprint density at radius 1 is 0.952 bits per heavy atom. The monoisotopic (exact) mass is 310 g/mol. The van der Waals surface area contributed by atoms with E-state index in [-0.39, 0.29) is 5.11 Å². The summed E-state index contributed by atoms with van der Waals surface area (Å²) in [6.45, 7) is 1.61. The molecule has 0 fully saturated rings. The van der Waals surface area contributed by atoms with Crippen LogP contribution < -0.4 is 10.6 Å². The Morgan fingerprint density at radius 2 is 1.57 bits per heavy atom. The predicted octanol–water partition coefficient (Wildman–Crippen LogP) is 4.82. The normalized spacial score (nSPS) is 11.0. The van der Waals surface area contributed by atoms with Crippen molar-refractivity contribution in [3.05, 3.63) is 59.7 Å². The molecule has 0 saturated heterocycles. The van der Waals surface area contributed by atoms with Crippen LogP contribution in [0.1, 0.15) is 11.1 Å². The maximum Gasteiger partial charge on any atom is 0.416 e. The molecule has 0 aliphatic carbocycles. The topological polar surface area (TPSA) is 24.1 Å². The van der Waals surface area contributed by atoms with Crippen molar-refractivity contribution in [1.29, 1.82) is 0 Å². The molecular formula is C15H13F3N2S. The summed E-state index contributed by atoms with van der Waals surface area (Å²) >= 11 is 5.09. The highest BCUT2D eigenvalue weighted by Gasteiger charge is 2.30. The lowest BCUT2D eigenvalue weighted by Gasteiger charge is -2.14. The fourth-order valence-electron chi connectivity index (χ4n) is 1.83. The fourth-order valence-corrected chi connectivity index (χ4v) is 2.07. The van der Waals surface area contributed by atoms with Crippen molar-refractivity contribution in [2.24, 2.45) is 0 Å². The highest BCUT2D eigenvalue weighted by Crippen LogP contribution is 2.31. The van der Waals surface area contributed by atoms with Gasteiger partial charge in [-0.05, 0) is 55.0 Å². The first-order valence-electron chi connectivity index (χ1n) is 6.16. The number of hydrogen-bond donors (Lipinski definition) is 2. The van der Waals surface area contributed by atoms with Crippen molar-refractivity contribution < 1.29 is 13.2 Å². The van der Waals surface area contributed by atoms with Gasteiger partial charge < -0.3 is 10.6 Å². The molecule has 0 atom stereocenters. The van der Waals surface area contributed by atoms with E-state index in [1.165, 1.54) is 0 Å². The van der Waals surface area contributed by atoms with Gasteiger partial charge in [-0.1, -0.05) is 18.2 Å². The minimum Gasteiger partial charge on any atom is -0.332 e. The van der Waals surface area contributed by atoms with E-state index < -0.39 is 11.7 Å². The van der Waals surface area contributed by atoms with Gasteiger partial charge in [-0.3, -0.25) is 0 Å². The van der Waals surface area contributed by atoms with Crippen LogP contribution in [0, 0.1) is 6.92 Å². The number of alkyl halides is 3. The Labute approximate surface area is 126 Å². The van der Waals surface area contributed by atoms with Crippen molar-refractivity contribution in [2.75, 3.05) is 10.6 Å². The average Bonchev–Trinajstić information content (AvgIpc) is 2.37. The van der Waals surface area contributed by atoms with E-state index in [1.54, 1.807) is 13.0 Å². The molecule has 2 nitrogen and oxygen atoms in total. The van der Waals surface area contributed by atoms with Gasteiger partial charge in [0, 0.05) is 11.4 Å². The highest BCUT2D eigenvalue weighted by molar-refractivity contribution is 7.80. The quantitative estimate of drug-likeness (QED) is 0.777. The Bertz CT molecular complexity index is 639. The molecule has 0 bridgehead atoms. The summed E-state index contributed by atoms with van der Waals surface area (Å²) in [6, 6.07) is 12.9. The molecule has 2 aromatic rings. The predicted molar refractivity (Wildman–Crippen MR) is 82.5 cm³/mol. The first kappa shape index (κ1) is 15.3. The van der Waals surface area contributed by atoms with Gasteiger partial charge in [0.2, 0.25) is 0 Å². The van der Waals surface area contributed by atoms with Crippen LogP contribution in [0.5, 0.6) is 0 Å². The zero-order valence-electron chi connectivity index (χ0n) is 11.2. The zero-order chi connectivity index (χ0) is 15.5. The number of aryl methyl sites for hydroxylation is 1. The lowest BCUT2D eigenvalue weighted by atomic mass is 10.1. The Hall–Kier alpha value is -2.08. The van der Waals surface area contributed by atoms with Gasteiger partial charge in [0.15, 0.2) is 5.11 Å². The molecule has 110 valence electrons. The number of halogens is 3. The molecule has 0 aromatic heterocycles. The van der Waals surface area contributed by atoms with Crippen LogP contribution in [0.25, 0.3) is 0 Å². The van der Waals surface area contributed by atoms with Gasteiger partial charge in [0.05, 0.1) is 5.56 Å². The van der Waals surface area contributed by atoms with Gasteiger partial charge in [-0.2, -0.15) is 13.2 Å². The Morgan fingerprint density at radius 3 is 2.19 bits per heavy atom. The third kappa shape index (κ3) is 4.46. The molecular weight excluding hydrogens is 297 g/mol. The maximum absolute atomic E-state index is 12.8. The van der Waals surface area contributed by atoms with E-state index in [0.29, 0.717) is 11.3 Å². The number of nitrogens with one attached hydrogen (secondary N) is 2. The van der Waals surface area contributed by atoms with Crippen LogP contribution in [-0.4, -0.2) is 5.11 Å². The second-order valence-electron chi connectivity index (χ2n) is 4.53. The maximum atomic E-state index is 12.8. The molecule has 0 aliphatic rings. The summed E-state index contributed by atoms with van der Waals surface area (Å²) in [7, 11) is 0. The highest BCUT2D eigenvalue weighted by atomic mass is 32.1. The lowest BCUT2D eigenvalue weighted by molar-refractivity contribution is -0.137. The van der Waals surface area contributed by atoms with Crippen molar-refractivity contribution in [3.8, 4) is 0 Å². The number of rotatable bonds is 2. The molecule has 2 rings (SSSR count). The summed E-state index contributed by atoms with van der Waals surface area (Å²) < 4.78 is 38.3. The molecule has 0 radical (unpaired) electrons. The summed E-state index contributed by atoms with van der Waals surface area (Å²) in [5, 5.41) is 5.91. The van der Waals surface area contributed by atoms with Gasteiger partial charge in [0.25, 0.3) is 0 Å². The molecule has 0 spiro atoms. The largest absolute Gasteiger partial charge is 0.416 e. The summed E-state index contributed by atoms with van der Waals surface area (Å²) in [5.41, 5.74) is 0.872. The van der Waals surface area contributed by atoms with E-state index in [9.17, 15) is 13.2 Å². The van der Waals surface area contributed by atoms with Crippen molar-refractivity contribution in [1.82, 2.24) is 0 Å². The zero-order valence-corrected chi connectivity index (χ0v) is 12.0. The van der Waals surface area contributed by atoms with E-state index in [0.717, 1.165) is 17.8 Å². The van der Waals surface area contributed by atoms with E-state index >= 15 is 0 Å². The molecule has 2 aromatic carbocycles. The van der Waals surface area contributed by atoms with E-state index in [4.69, 9.17) is 12.2 Å². The standard InChI is InChI=1S/C15H13F3N2S/c1-10-7-11(15(16,17)18)9-13(8-10)20-14(21)19-12-5-3-2-4-6-12/h2-9H,1H3,(H2,19,20,21). The third-order valence-electron chi connectivity index (χ3n) is 2.69. The molecule has 0 amide bonds. The fraction of sp³-hybridized carbons (Fsp3) is 0.133. The van der Waals surface area contributed by atoms with Gasteiger partial charge in [-0.25, -0.2) is 0 Å². The van der Waals surface area contributed by atoms with Gasteiger partial charge in [-0.15, -0.1) is 0 Å². The Balaban J connectivity index is 2.12. The Kier molecular flexibility index (Phi) is 4.47. The second-order valence-corrected chi connectivity index (χ2v) is 4.94. The van der Waals surface area contributed by atoms with Crippen LogP contribution in [0.15, 0.2) is 48.5 Å². The van der Waals surface area contributed by atoms with Crippen molar-refractivity contribution in [2.45, 2.75) is 13.1 Å². The SMILES string of the molecule is Cc1cc(NC(=S)Nc2ccccc2)cc(C(F)(F)F)c1. The van der Waals surface area contributed by atoms with Gasteiger partial charge >= 0.3 is 6.18 Å². The van der Waals surface area contributed by atoms with E-state index in [1.807, 2.05) is 30.3 Å². The molecule has 0 heterocycles. The van der Waals surface area contributed by atoms with E-state index in [2.05, 4.69) is 10.6 Å². The first-order chi connectivity index (χ1) is 9.84. The van der Waals surface area contributed by atoms with Crippen LogP contribution in [0.2, 0.25) is 0 Å². The summed E-state index contributed by atoms with van der Waals surface area (Å²) in [6.07, 6.45) is -4.38.